The number of carbonyl (C=O) groups excluding carboxylic acids is 1. The molecule has 0 aliphatic rings. The van der Waals surface area contributed by atoms with Gasteiger partial charge in [-0.25, -0.2) is 4.98 Å². The topological polar surface area (TPSA) is 55.2 Å². The summed E-state index contributed by atoms with van der Waals surface area (Å²) in [6, 6.07) is 16.1. The summed E-state index contributed by atoms with van der Waals surface area (Å²) in [5.74, 6) is 0.325. The van der Waals surface area contributed by atoms with Crippen LogP contribution in [0, 0.1) is 0 Å². The third kappa shape index (κ3) is 3.60. The molecule has 0 aliphatic carbocycles. The number of benzene rings is 2. The molecular weight excluding hydrogens is 362 g/mol. The van der Waals surface area contributed by atoms with Crippen LogP contribution < -0.4 is 5.56 Å². The van der Waals surface area contributed by atoms with Gasteiger partial charge in [-0.2, -0.15) is 0 Å². The van der Waals surface area contributed by atoms with Gasteiger partial charge in [0.05, 0.1) is 16.9 Å². The number of hydrogen-bond acceptors (Lipinski definition) is 3. The van der Waals surface area contributed by atoms with E-state index in [1.165, 1.54) is 4.57 Å². The SMILES string of the molecule is CCC(c1nc2ccccc2c(=O)n1C)N(C)C(=O)C(Cl)c1ccccc1. The number of carbonyl (C=O) groups is 1. The average molecular weight is 384 g/mol. The van der Waals surface area contributed by atoms with Gasteiger partial charge in [0, 0.05) is 14.1 Å². The molecule has 0 saturated carbocycles. The number of likely N-dealkylation sites (N-methyl/N-ethyl adjacent to an activating group) is 1. The first kappa shape index (κ1) is 19.1. The van der Waals surface area contributed by atoms with Crippen LogP contribution in [0.25, 0.3) is 10.9 Å². The van der Waals surface area contributed by atoms with Crippen molar-refractivity contribution in [1.82, 2.24) is 14.5 Å². The Morgan fingerprint density at radius 1 is 1.15 bits per heavy atom. The maximum atomic E-state index is 13.0. The summed E-state index contributed by atoms with van der Waals surface area (Å²) in [6.45, 7) is 1.96. The predicted octanol–water partition coefficient (Wildman–Crippen LogP) is 3.82. The minimum Gasteiger partial charge on any atom is -0.334 e. The highest BCUT2D eigenvalue weighted by Gasteiger charge is 2.29. The van der Waals surface area contributed by atoms with Crippen molar-refractivity contribution in [1.29, 1.82) is 0 Å². The molecule has 2 unspecified atom stereocenters. The van der Waals surface area contributed by atoms with Crippen molar-refractivity contribution in [2.45, 2.75) is 24.8 Å². The maximum Gasteiger partial charge on any atom is 0.261 e. The summed E-state index contributed by atoms with van der Waals surface area (Å²) < 4.78 is 1.52. The van der Waals surface area contributed by atoms with Gasteiger partial charge >= 0.3 is 0 Å². The van der Waals surface area contributed by atoms with Crippen LogP contribution in [0.3, 0.4) is 0 Å². The Bertz CT molecular complexity index is 1020. The van der Waals surface area contributed by atoms with Crippen molar-refractivity contribution in [3.63, 3.8) is 0 Å². The number of nitrogens with zero attached hydrogens (tertiary/aromatic N) is 3. The summed E-state index contributed by atoms with van der Waals surface area (Å²) >= 11 is 6.43. The lowest BCUT2D eigenvalue weighted by atomic mass is 10.1. The van der Waals surface area contributed by atoms with Gasteiger partial charge in [0.25, 0.3) is 5.56 Å². The van der Waals surface area contributed by atoms with E-state index in [4.69, 9.17) is 11.6 Å². The molecule has 0 saturated heterocycles. The van der Waals surface area contributed by atoms with E-state index in [2.05, 4.69) is 4.98 Å². The first-order valence-electron chi connectivity index (χ1n) is 8.87. The average Bonchev–Trinajstić information content (AvgIpc) is 2.71. The molecule has 0 bridgehead atoms. The molecule has 5 nitrogen and oxygen atoms in total. The normalized spacial score (nSPS) is 13.3. The number of aromatic nitrogens is 2. The monoisotopic (exact) mass is 383 g/mol. The Kier molecular flexibility index (Phi) is 5.61. The third-order valence-corrected chi connectivity index (χ3v) is 5.27. The first-order chi connectivity index (χ1) is 13.0. The summed E-state index contributed by atoms with van der Waals surface area (Å²) in [5, 5.41) is -0.227. The lowest BCUT2D eigenvalue weighted by Gasteiger charge is -2.29. The second-order valence-electron chi connectivity index (χ2n) is 6.50. The van der Waals surface area contributed by atoms with E-state index in [1.807, 2.05) is 55.5 Å². The fraction of sp³-hybridized carbons (Fsp3) is 0.286. The number of alkyl halides is 1. The van der Waals surface area contributed by atoms with E-state index in [1.54, 1.807) is 25.1 Å². The lowest BCUT2D eigenvalue weighted by Crippen LogP contribution is -2.37. The molecule has 3 rings (SSSR count). The van der Waals surface area contributed by atoms with Gasteiger partial charge in [0.1, 0.15) is 11.2 Å². The molecule has 3 aromatic rings. The van der Waals surface area contributed by atoms with Crippen LogP contribution in [0.5, 0.6) is 0 Å². The van der Waals surface area contributed by atoms with Gasteiger partial charge < -0.3 is 4.90 Å². The standard InChI is InChI=1S/C21H22ClN3O2/c1-4-17(24(2)21(27)18(22)14-10-6-5-7-11-14)19-23-16-13-9-8-12-15(16)20(26)25(19)3/h5-13,17-18H,4H2,1-3H3. The molecule has 27 heavy (non-hydrogen) atoms. The third-order valence-electron chi connectivity index (χ3n) is 4.83. The zero-order valence-electron chi connectivity index (χ0n) is 15.6. The molecule has 2 atom stereocenters. The summed E-state index contributed by atoms with van der Waals surface area (Å²) in [7, 11) is 3.39. The molecular formula is C21H22ClN3O2. The van der Waals surface area contributed by atoms with Crippen molar-refractivity contribution in [2.75, 3.05) is 7.05 Å². The van der Waals surface area contributed by atoms with E-state index < -0.39 is 5.38 Å². The van der Waals surface area contributed by atoms with E-state index in [0.29, 0.717) is 23.1 Å². The molecule has 1 aromatic heterocycles. The highest BCUT2D eigenvalue weighted by Crippen LogP contribution is 2.28. The molecule has 6 heteroatoms. The fourth-order valence-electron chi connectivity index (χ4n) is 3.26. The number of halogens is 1. The van der Waals surface area contributed by atoms with E-state index in [0.717, 1.165) is 5.56 Å². The molecule has 0 N–H and O–H groups in total. The molecule has 140 valence electrons. The maximum absolute atomic E-state index is 13.0. The van der Waals surface area contributed by atoms with Gasteiger partial charge in [-0.1, -0.05) is 49.4 Å². The Morgan fingerprint density at radius 2 is 1.78 bits per heavy atom. The summed E-state index contributed by atoms with van der Waals surface area (Å²) in [5.41, 5.74) is 1.24. The fourth-order valence-corrected chi connectivity index (χ4v) is 3.56. The van der Waals surface area contributed by atoms with Gasteiger partial charge in [0.2, 0.25) is 5.91 Å². The number of rotatable bonds is 5. The molecule has 2 aromatic carbocycles. The lowest BCUT2D eigenvalue weighted by molar-refractivity contribution is -0.132. The van der Waals surface area contributed by atoms with Crippen LogP contribution in [-0.2, 0) is 11.8 Å². The molecule has 1 heterocycles. The molecule has 0 aliphatic heterocycles. The van der Waals surface area contributed by atoms with Crippen LogP contribution in [0.4, 0.5) is 0 Å². The number of para-hydroxylation sites is 1. The minimum absolute atomic E-state index is 0.125. The molecule has 0 radical (unpaired) electrons. The van der Waals surface area contributed by atoms with Crippen molar-refractivity contribution >= 4 is 28.4 Å². The number of fused-ring (bicyclic) bond motifs is 1. The Balaban J connectivity index is 1.99. The van der Waals surface area contributed by atoms with Crippen LogP contribution in [0.2, 0.25) is 0 Å². The van der Waals surface area contributed by atoms with E-state index >= 15 is 0 Å². The molecule has 1 amide bonds. The zero-order chi connectivity index (χ0) is 19.6. The van der Waals surface area contributed by atoms with Crippen LogP contribution in [0.1, 0.15) is 36.2 Å². The first-order valence-corrected chi connectivity index (χ1v) is 9.30. The van der Waals surface area contributed by atoms with Gasteiger partial charge in [0.15, 0.2) is 0 Å². The second kappa shape index (κ2) is 7.92. The Morgan fingerprint density at radius 3 is 2.44 bits per heavy atom. The smallest absolute Gasteiger partial charge is 0.261 e. The Labute approximate surface area is 163 Å². The van der Waals surface area contributed by atoms with Gasteiger partial charge in [-0.05, 0) is 24.1 Å². The molecule has 0 spiro atoms. The van der Waals surface area contributed by atoms with Crippen molar-refractivity contribution in [3.8, 4) is 0 Å². The second-order valence-corrected chi connectivity index (χ2v) is 6.93. The van der Waals surface area contributed by atoms with Crippen LogP contribution in [0.15, 0.2) is 59.4 Å². The van der Waals surface area contributed by atoms with Crippen molar-refractivity contribution in [3.05, 3.63) is 76.3 Å². The summed E-state index contributed by atoms with van der Waals surface area (Å²) in [4.78, 5) is 31.9. The van der Waals surface area contributed by atoms with Crippen LogP contribution >= 0.6 is 11.6 Å². The number of amides is 1. The zero-order valence-corrected chi connectivity index (χ0v) is 16.3. The van der Waals surface area contributed by atoms with Gasteiger partial charge in [-0.15, -0.1) is 11.6 Å². The minimum atomic E-state index is -0.789. The van der Waals surface area contributed by atoms with E-state index in [-0.39, 0.29) is 17.5 Å². The van der Waals surface area contributed by atoms with Crippen molar-refractivity contribution in [2.24, 2.45) is 7.05 Å². The highest BCUT2D eigenvalue weighted by atomic mass is 35.5. The van der Waals surface area contributed by atoms with Gasteiger partial charge in [-0.3, -0.25) is 14.2 Å². The predicted molar refractivity (Wildman–Crippen MR) is 108 cm³/mol. The number of hydrogen-bond donors (Lipinski definition) is 0. The highest BCUT2D eigenvalue weighted by molar-refractivity contribution is 6.30. The Hall–Kier alpha value is -2.66. The summed E-state index contributed by atoms with van der Waals surface area (Å²) in [6.07, 6.45) is 0.610. The largest absolute Gasteiger partial charge is 0.334 e. The van der Waals surface area contributed by atoms with Crippen LogP contribution in [-0.4, -0.2) is 27.4 Å². The molecule has 0 fully saturated rings. The quantitative estimate of drug-likeness (QED) is 0.629. The van der Waals surface area contributed by atoms with E-state index in [9.17, 15) is 9.59 Å². The van der Waals surface area contributed by atoms with Crippen molar-refractivity contribution < 1.29 is 4.79 Å².